The first-order valence-corrected chi connectivity index (χ1v) is 9.39. The smallest absolute Gasteiger partial charge is 0.229 e. The molecule has 0 aliphatic heterocycles. The Bertz CT molecular complexity index is 1130. The number of nitrogens with zero attached hydrogens (tertiary/aromatic N) is 4. The van der Waals surface area contributed by atoms with Gasteiger partial charge in [-0.25, -0.2) is 9.37 Å². The Balaban J connectivity index is 1.53. The molecule has 0 amide bonds. The molecule has 7 nitrogen and oxygen atoms in total. The predicted octanol–water partition coefficient (Wildman–Crippen LogP) is 4.49. The highest BCUT2D eigenvalue weighted by Gasteiger charge is 2.09. The van der Waals surface area contributed by atoms with Crippen LogP contribution >= 0.6 is 11.6 Å². The first-order chi connectivity index (χ1) is 14.1. The summed E-state index contributed by atoms with van der Waals surface area (Å²) in [5.74, 6) is -0.247. The van der Waals surface area contributed by atoms with Crippen molar-refractivity contribution in [2.45, 2.75) is 13.0 Å². The van der Waals surface area contributed by atoms with Crippen LogP contribution in [0.15, 0.2) is 54.9 Å². The third kappa shape index (κ3) is 4.44. The van der Waals surface area contributed by atoms with Gasteiger partial charge < -0.3 is 15.7 Å². The molecule has 0 spiro atoms. The quantitative estimate of drug-likeness (QED) is 0.414. The van der Waals surface area contributed by atoms with Crippen molar-refractivity contribution >= 4 is 45.6 Å². The van der Waals surface area contributed by atoms with Crippen molar-refractivity contribution in [3.8, 4) is 0 Å². The molecule has 2 heterocycles. The molecule has 0 aliphatic rings. The number of anilines is 4. The van der Waals surface area contributed by atoms with E-state index >= 15 is 0 Å². The Morgan fingerprint density at radius 1 is 1.03 bits per heavy atom. The lowest BCUT2D eigenvalue weighted by Crippen LogP contribution is -2.03. The molecule has 0 radical (unpaired) electrons. The minimum atomic E-state index is -0.564. The van der Waals surface area contributed by atoms with E-state index in [9.17, 15) is 4.39 Å². The summed E-state index contributed by atoms with van der Waals surface area (Å²) in [7, 11) is 0. The maximum Gasteiger partial charge on any atom is 0.229 e. The van der Waals surface area contributed by atoms with E-state index in [2.05, 4.69) is 25.7 Å². The van der Waals surface area contributed by atoms with Crippen LogP contribution in [-0.2, 0) is 6.54 Å². The first kappa shape index (κ1) is 19.1. The van der Waals surface area contributed by atoms with Crippen molar-refractivity contribution in [1.29, 1.82) is 0 Å². The number of halogens is 2. The number of aliphatic hydroxyl groups is 1. The van der Waals surface area contributed by atoms with Crippen LogP contribution in [0.5, 0.6) is 0 Å². The highest BCUT2D eigenvalue weighted by Crippen LogP contribution is 2.24. The molecule has 0 aliphatic carbocycles. The van der Waals surface area contributed by atoms with Crippen molar-refractivity contribution in [3.05, 3.63) is 65.7 Å². The summed E-state index contributed by atoms with van der Waals surface area (Å²) in [6.07, 6.45) is 3.51. The second-order valence-electron chi connectivity index (χ2n) is 6.37. The van der Waals surface area contributed by atoms with Gasteiger partial charge in [-0.3, -0.25) is 4.68 Å². The highest BCUT2D eigenvalue weighted by molar-refractivity contribution is 6.30. The number of hydrogen-bond acceptors (Lipinski definition) is 6. The molecule has 0 saturated heterocycles. The fourth-order valence-electron chi connectivity index (χ4n) is 2.88. The van der Waals surface area contributed by atoms with Crippen LogP contribution < -0.4 is 10.6 Å². The zero-order chi connectivity index (χ0) is 20.2. The van der Waals surface area contributed by atoms with Gasteiger partial charge >= 0.3 is 0 Å². The molecular weight excluding hydrogens is 395 g/mol. The van der Waals surface area contributed by atoms with Crippen molar-refractivity contribution in [2.75, 3.05) is 17.2 Å². The maximum atomic E-state index is 14.1. The van der Waals surface area contributed by atoms with Crippen LogP contribution in [0.2, 0.25) is 5.02 Å². The molecule has 4 aromatic rings. The largest absolute Gasteiger partial charge is 0.396 e. The second-order valence-corrected chi connectivity index (χ2v) is 6.80. The normalized spacial score (nSPS) is 11.0. The van der Waals surface area contributed by atoms with Crippen LogP contribution in [0.25, 0.3) is 10.9 Å². The Kier molecular flexibility index (Phi) is 5.55. The molecular formula is C20H18ClFN6O. The van der Waals surface area contributed by atoms with Crippen molar-refractivity contribution in [3.63, 3.8) is 0 Å². The summed E-state index contributed by atoms with van der Waals surface area (Å²) < 4.78 is 16.0. The van der Waals surface area contributed by atoms with Gasteiger partial charge in [0.2, 0.25) is 5.95 Å². The van der Waals surface area contributed by atoms with Gasteiger partial charge in [0, 0.05) is 34.9 Å². The minimum Gasteiger partial charge on any atom is -0.396 e. The molecule has 0 fully saturated rings. The van der Waals surface area contributed by atoms with Gasteiger partial charge in [0.15, 0.2) is 11.6 Å². The van der Waals surface area contributed by atoms with Crippen molar-refractivity contribution in [1.82, 2.24) is 19.7 Å². The van der Waals surface area contributed by atoms with Crippen LogP contribution in [0.1, 0.15) is 6.42 Å². The number of benzene rings is 2. The number of hydrogen-bond donors (Lipinski definition) is 3. The second kappa shape index (κ2) is 8.42. The van der Waals surface area contributed by atoms with Crippen molar-refractivity contribution in [2.24, 2.45) is 0 Å². The Morgan fingerprint density at radius 2 is 1.83 bits per heavy atom. The lowest BCUT2D eigenvalue weighted by atomic mass is 10.2. The summed E-state index contributed by atoms with van der Waals surface area (Å²) in [4.78, 5) is 8.23. The monoisotopic (exact) mass is 412 g/mol. The summed E-state index contributed by atoms with van der Waals surface area (Å²) in [6.45, 7) is 0.767. The fourth-order valence-corrected chi connectivity index (χ4v) is 3.00. The van der Waals surface area contributed by atoms with Crippen LogP contribution in [0.4, 0.5) is 27.5 Å². The average molecular weight is 413 g/mol. The molecule has 0 atom stereocenters. The van der Waals surface area contributed by atoms with Gasteiger partial charge in [0.1, 0.15) is 0 Å². The SMILES string of the molecule is OCCCn1ncc2cc(Nc3ncc(F)c(Nc4ccc(Cl)cc4)n3)ccc21. The molecule has 0 saturated carbocycles. The first-order valence-electron chi connectivity index (χ1n) is 9.01. The number of fused-ring (bicyclic) bond motifs is 1. The number of aromatic nitrogens is 4. The molecule has 2 aromatic carbocycles. The zero-order valence-corrected chi connectivity index (χ0v) is 16.1. The number of rotatable bonds is 7. The van der Waals surface area contributed by atoms with E-state index in [1.807, 2.05) is 22.9 Å². The third-order valence-corrected chi connectivity index (χ3v) is 4.53. The van der Waals surface area contributed by atoms with E-state index in [-0.39, 0.29) is 18.4 Å². The zero-order valence-electron chi connectivity index (χ0n) is 15.3. The highest BCUT2D eigenvalue weighted by atomic mass is 35.5. The van der Waals surface area contributed by atoms with Gasteiger partial charge in [0.05, 0.1) is 17.9 Å². The lowest BCUT2D eigenvalue weighted by Gasteiger charge is -2.10. The van der Waals surface area contributed by atoms with Gasteiger partial charge in [-0.05, 0) is 48.9 Å². The summed E-state index contributed by atoms with van der Waals surface area (Å²) in [6, 6.07) is 12.6. The lowest BCUT2D eigenvalue weighted by molar-refractivity contribution is 0.278. The molecule has 29 heavy (non-hydrogen) atoms. The number of aliphatic hydroxyl groups excluding tert-OH is 1. The third-order valence-electron chi connectivity index (χ3n) is 4.28. The van der Waals surface area contributed by atoms with Crippen LogP contribution in [0.3, 0.4) is 0 Å². The number of nitrogens with one attached hydrogen (secondary N) is 2. The Morgan fingerprint density at radius 3 is 2.62 bits per heavy atom. The topological polar surface area (TPSA) is 87.9 Å². The molecule has 0 unspecified atom stereocenters. The van der Waals surface area contributed by atoms with E-state index < -0.39 is 5.82 Å². The molecule has 3 N–H and O–H groups in total. The number of aryl methyl sites for hydroxylation is 1. The van der Waals surface area contributed by atoms with Crippen LogP contribution in [-0.4, -0.2) is 31.5 Å². The van der Waals surface area contributed by atoms with Crippen LogP contribution in [0, 0.1) is 5.82 Å². The van der Waals surface area contributed by atoms with E-state index in [0.29, 0.717) is 23.7 Å². The summed E-state index contributed by atoms with van der Waals surface area (Å²) in [5.41, 5.74) is 2.38. The molecule has 148 valence electrons. The van der Waals surface area contributed by atoms with E-state index in [1.165, 1.54) is 0 Å². The summed E-state index contributed by atoms with van der Waals surface area (Å²) >= 11 is 5.87. The fraction of sp³-hybridized carbons (Fsp3) is 0.150. The maximum absolute atomic E-state index is 14.1. The molecule has 9 heteroatoms. The minimum absolute atomic E-state index is 0.0581. The molecule has 4 rings (SSSR count). The Hall–Kier alpha value is -3.23. The average Bonchev–Trinajstić information content (AvgIpc) is 3.13. The van der Waals surface area contributed by atoms with Gasteiger partial charge in [-0.15, -0.1) is 0 Å². The van der Waals surface area contributed by atoms with Gasteiger partial charge in [-0.2, -0.15) is 10.1 Å². The Labute approximate surface area is 171 Å². The van der Waals surface area contributed by atoms with E-state index in [4.69, 9.17) is 16.7 Å². The molecule has 2 aromatic heterocycles. The summed E-state index contributed by atoms with van der Waals surface area (Å²) in [5, 5.41) is 20.9. The van der Waals surface area contributed by atoms with E-state index in [1.54, 1.807) is 30.5 Å². The van der Waals surface area contributed by atoms with Gasteiger partial charge in [-0.1, -0.05) is 11.6 Å². The molecule has 0 bridgehead atoms. The van der Waals surface area contributed by atoms with E-state index in [0.717, 1.165) is 22.8 Å². The van der Waals surface area contributed by atoms with Crippen molar-refractivity contribution < 1.29 is 9.50 Å². The predicted molar refractivity (Wildman–Crippen MR) is 111 cm³/mol. The van der Waals surface area contributed by atoms with Gasteiger partial charge in [0.25, 0.3) is 0 Å². The standard InChI is InChI=1S/C20H18ClFN6O/c21-14-2-4-15(5-3-14)25-19-17(22)12-23-20(27-19)26-16-6-7-18-13(10-16)11-24-28(18)8-1-9-29/h2-7,10-12,29H,1,8-9H2,(H2,23,25,26,27).